The molecule has 4 nitrogen and oxygen atoms in total. The number of likely N-dealkylation sites (tertiary alicyclic amines) is 1. The summed E-state index contributed by atoms with van der Waals surface area (Å²) in [5.41, 5.74) is 2.81. The quantitative estimate of drug-likeness (QED) is 0.578. The van der Waals surface area contributed by atoms with Crippen molar-refractivity contribution < 1.29 is 9.59 Å². The van der Waals surface area contributed by atoms with Crippen LogP contribution in [-0.2, 0) is 15.1 Å². The molecule has 164 valence electrons. The zero-order valence-electron chi connectivity index (χ0n) is 18.6. The summed E-state index contributed by atoms with van der Waals surface area (Å²) in [5.74, 6) is -0.0508. The van der Waals surface area contributed by atoms with Gasteiger partial charge in [-0.15, -0.1) is 0 Å². The lowest BCUT2D eigenvalue weighted by atomic mass is 9.59. The number of para-hydroxylation sites is 1. The average molecular weight is 435 g/mol. The first-order valence-electron chi connectivity index (χ1n) is 11.6. The Balaban J connectivity index is 1.60. The highest BCUT2D eigenvalue weighted by atomic mass is 16.2. The van der Waals surface area contributed by atoms with Crippen molar-refractivity contribution in [3.05, 3.63) is 107 Å². The van der Waals surface area contributed by atoms with Crippen LogP contribution in [0.1, 0.15) is 35.4 Å². The minimum Gasteiger partial charge on any atom is -0.324 e. The van der Waals surface area contributed by atoms with E-state index in [4.69, 9.17) is 0 Å². The molecule has 1 saturated heterocycles. The number of carbonyl (C=O) groups is 2. The Hall–Kier alpha value is -3.50. The molecule has 3 unspecified atom stereocenters. The first-order valence-corrected chi connectivity index (χ1v) is 11.6. The zero-order valence-corrected chi connectivity index (χ0v) is 18.6. The molecule has 2 heterocycles. The maximum atomic E-state index is 14.5. The van der Waals surface area contributed by atoms with Crippen molar-refractivity contribution in [3.63, 3.8) is 0 Å². The SMILES string of the molecule is CN1CC(c2ccccc2)C2(CC/C(=C\c3ccccc3)C2=O)C12C(=O)Nc1ccccc12. The number of rotatable bonds is 2. The Bertz CT molecular complexity index is 1280. The number of fused-ring (bicyclic) bond motifs is 3. The second-order valence-corrected chi connectivity index (χ2v) is 9.43. The van der Waals surface area contributed by atoms with Gasteiger partial charge in [0.1, 0.15) is 5.54 Å². The van der Waals surface area contributed by atoms with E-state index < -0.39 is 11.0 Å². The minimum absolute atomic E-state index is 0.0743. The van der Waals surface area contributed by atoms with Gasteiger partial charge in [-0.2, -0.15) is 0 Å². The van der Waals surface area contributed by atoms with Crippen LogP contribution < -0.4 is 5.32 Å². The predicted molar refractivity (Wildman–Crippen MR) is 130 cm³/mol. The van der Waals surface area contributed by atoms with Crippen LogP contribution in [0.25, 0.3) is 6.08 Å². The van der Waals surface area contributed by atoms with E-state index in [1.165, 1.54) is 0 Å². The lowest BCUT2D eigenvalue weighted by Gasteiger charge is -2.43. The van der Waals surface area contributed by atoms with Gasteiger partial charge in [-0.25, -0.2) is 0 Å². The first kappa shape index (κ1) is 20.1. The number of likely N-dealkylation sites (N-methyl/N-ethyl adjacent to an activating group) is 1. The lowest BCUT2D eigenvalue weighted by molar-refractivity contribution is -0.141. The molecular weight excluding hydrogens is 408 g/mol. The van der Waals surface area contributed by atoms with E-state index in [-0.39, 0.29) is 17.6 Å². The molecular formula is C29H26N2O2. The standard InChI is InChI=1S/C29H26N2O2/c1-31-19-24(21-12-6-3-7-13-21)28(29(31)23-14-8-9-15-25(23)30-27(29)33)17-16-22(26(28)32)18-20-10-4-2-5-11-20/h2-15,18,24H,16-17,19H2,1H3,(H,30,33)/b22-18+. The summed E-state index contributed by atoms with van der Waals surface area (Å²) in [4.78, 5) is 30.5. The number of hydrogen-bond donors (Lipinski definition) is 1. The van der Waals surface area contributed by atoms with Gasteiger partial charge in [0.2, 0.25) is 0 Å². The van der Waals surface area contributed by atoms with E-state index in [1.54, 1.807) is 0 Å². The summed E-state index contributed by atoms with van der Waals surface area (Å²) in [6, 6.07) is 28.1. The molecule has 2 spiro atoms. The predicted octanol–water partition coefficient (Wildman–Crippen LogP) is 5.00. The van der Waals surface area contributed by atoms with Crippen molar-refractivity contribution in [3.8, 4) is 0 Å². The molecule has 4 heteroatoms. The fourth-order valence-electron chi connectivity index (χ4n) is 6.71. The molecule has 1 amide bonds. The molecule has 0 radical (unpaired) electrons. The zero-order chi connectivity index (χ0) is 22.6. The number of ketones is 1. The molecule has 0 bridgehead atoms. The van der Waals surface area contributed by atoms with Crippen molar-refractivity contribution in [1.82, 2.24) is 4.90 Å². The van der Waals surface area contributed by atoms with Crippen molar-refractivity contribution in [1.29, 1.82) is 0 Å². The Kier molecular flexibility index (Phi) is 4.43. The summed E-state index contributed by atoms with van der Waals surface area (Å²) in [6.07, 6.45) is 3.34. The topological polar surface area (TPSA) is 49.4 Å². The molecule has 3 aliphatic rings. The molecule has 3 aromatic carbocycles. The van der Waals surface area contributed by atoms with E-state index in [0.717, 1.165) is 28.0 Å². The summed E-state index contributed by atoms with van der Waals surface area (Å²) in [6.45, 7) is 0.649. The summed E-state index contributed by atoms with van der Waals surface area (Å²) >= 11 is 0. The molecule has 6 rings (SSSR count). The third-order valence-corrected chi connectivity index (χ3v) is 7.99. The summed E-state index contributed by atoms with van der Waals surface area (Å²) in [5, 5.41) is 3.12. The Morgan fingerprint density at radius 2 is 1.58 bits per heavy atom. The van der Waals surface area contributed by atoms with Crippen LogP contribution in [0.5, 0.6) is 0 Å². The van der Waals surface area contributed by atoms with Crippen LogP contribution in [0, 0.1) is 5.41 Å². The average Bonchev–Trinajstić information content (AvgIpc) is 3.43. The van der Waals surface area contributed by atoms with Crippen molar-refractivity contribution in [2.75, 3.05) is 18.9 Å². The van der Waals surface area contributed by atoms with E-state index in [2.05, 4.69) is 22.3 Å². The lowest BCUT2D eigenvalue weighted by Crippen LogP contribution is -2.57. The molecule has 3 atom stereocenters. The Labute approximate surface area is 193 Å². The van der Waals surface area contributed by atoms with Gasteiger partial charge >= 0.3 is 0 Å². The van der Waals surface area contributed by atoms with Gasteiger partial charge in [0, 0.05) is 23.7 Å². The van der Waals surface area contributed by atoms with Crippen LogP contribution in [0.3, 0.4) is 0 Å². The van der Waals surface area contributed by atoms with Crippen LogP contribution in [0.15, 0.2) is 90.5 Å². The highest BCUT2D eigenvalue weighted by Gasteiger charge is 2.74. The number of carbonyl (C=O) groups excluding carboxylic acids is 2. The molecule has 1 aliphatic carbocycles. The summed E-state index contributed by atoms with van der Waals surface area (Å²) < 4.78 is 0. The summed E-state index contributed by atoms with van der Waals surface area (Å²) in [7, 11) is 2.00. The van der Waals surface area contributed by atoms with Crippen molar-refractivity contribution >= 4 is 23.5 Å². The number of allylic oxidation sites excluding steroid dienone is 1. The van der Waals surface area contributed by atoms with Crippen molar-refractivity contribution in [2.45, 2.75) is 24.3 Å². The van der Waals surface area contributed by atoms with Gasteiger partial charge in [0.05, 0.1) is 5.41 Å². The van der Waals surface area contributed by atoms with Crippen LogP contribution >= 0.6 is 0 Å². The number of benzene rings is 3. The highest BCUT2D eigenvalue weighted by Crippen LogP contribution is 2.67. The normalized spacial score (nSPS) is 29.8. The van der Waals surface area contributed by atoms with Crippen molar-refractivity contribution in [2.24, 2.45) is 5.41 Å². The third kappa shape index (κ3) is 2.56. The number of amides is 1. The second kappa shape index (κ2) is 7.26. The number of hydrogen-bond acceptors (Lipinski definition) is 3. The molecule has 1 saturated carbocycles. The highest BCUT2D eigenvalue weighted by molar-refractivity contribution is 6.16. The number of nitrogens with one attached hydrogen (secondary N) is 1. The van der Waals surface area contributed by atoms with Gasteiger partial charge in [-0.05, 0) is 48.7 Å². The molecule has 2 aliphatic heterocycles. The molecule has 0 aromatic heterocycles. The van der Waals surface area contributed by atoms with E-state index in [9.17, 15) is 9.59 Å². The number of anilines is 1. The van der Waals surface area contributed by atoms with E-state index in [1.807, 2.05) is 85.9 Å². The fraction of sp³-hybridized carbons (Fsp3) is 0.241. The smallest absolute Gasteiger partial charge is 0.250 e. The Morgan fingerprint density at radius 3 is 2.33 bits per heavy atom. The monoisotopic (exact) mass is 434 g/mol. The minimum atomic E-state index is -1.02. The Morgan fingerprint density at radius 1 is 0.909 bits per heavy atom. The maximum Gasteiger partial charge on any atom is 0.250 e. The molecule has 3 aromatic rings. The molecule has 2 fully saturated rings. The largest absolute Gasteiger partial charge is 0.324 e. The third-order valence-electron chi connectivity index (χ3n) is 7.99. The van der Waals surface area contributed by atoms with Gasteiger partial charge < -0.3 is 5.32 Å². The van der Waals surface area contributed by atoms with E-state index >= 15 is 0 Å². The second-order valence-electron chi connectivity index (χ2n) is 9.43. The van der Waals surface area contributed by atoms with Gasteiger partial charge in [-0.3, -0.25) is 14.5 Å². The number of nitrogens with zero attached hydrogens (tertiary/aromatic N) is 1. The van der Waals surface area contributed by atoms with Crippen LogP contribution in [0.4, 0.5) is 5.69 Å². The van der Waals surface area contributed by atoms with Gasteiger partial charge in [0.15, 0.2) is 5.78 Å². The van der Waals surface area contributed by atoms with Gasteiger partial charge in [0.25, 0.3) is 5.91 Å². The number of Topliss-reactive ketones (excluding diaryl/α,β-unsaturated/α-hetero) is 1. The molecule has 33 heavy (non-hydrogen) atoms. The van der Waals surface area contributed by atoms with E-state index in [0.29, 0.717) is 19.4 Å². The van der Waals surface area contributed by atoms with Crippen LogP contribution in [0.2, 0.25) is 0 Å². The van der Waals surface area contributed by atoms with Crippen LogP contribution in [-0.4, -0.2) is 30.2 Å². The molecule has 1 N–H and O–H groups in total. The maximum absolute atomic E-state index is 14.5. The fourth-order valence-corrected chi connectivity index (χ4v) is 6.71. The first-order chi connectivity index (χ1) is 16.1. The van der Waals surface area contributed by atoms with Gasteiger partial charge in [-0.1, -0.05) is 78.9 Å².